The molecule has 0 atom stereocenters. The fraction of sp³-hybridized carbons (Fsp3) is 0.105. The summed E-state index contributed by atoms with van der Waals surface area (Å²) in [5, 5.41) is 0. The standard InChI is InChI=1S/C19H14F3N3O4S/c1-13-3-5-14(6-4-13)17(26)25(30(27,28)19(20,21)22)15-7-9-16(10-8-15)29-18-23-11-2-12-24-18/h2-12H,1H3. The fourth-order valence-corrected chi connectivity index (χ4v) is 3.31. The minimum atomic E-state index is -6.00. The molecule has 0 aliphatic rings. The van der Waals surface area contributed by atoms with Gasteiger partial charge in [0.1, 0.15) is 5.75 Å². The summed E-state index contributed by atoms with van der Waals surface area (Å²) in [6, 6.07) is 11.5. The normalized spacial score (nSPS) is 11.7. The molecule has 0 fully saturated rings. The van der Waals surface area contributed by atoms with Crippen LogP contribution in [-0.4, -0.2) is 29.8 Å². The van der Waals surface area contributed by atoms with E-state index in [0.717, 1.165) is 17.7 Å². The predicted octanol–water partition coefficient (Wildman–Crippen LogP) is 4.07. The highest BCUT2D eigenvalue weighted by Crippen LogP contribution is 2.33. The molecule has 11 heteroatoms. The summed E-state index contributed by atoms with van der Waals surface area (Å²) in [4.78, 5) is 20.4. The smallest absolute Gasteiger partial charge is 0.424 e. The molecule has 0 saturated carbocycles. The second-order valence-corrected chi connectivity index (χ2v) is 7.79. The Morgan fingerprint density at radius 3 is 2.07 bits per heavy atom. The van der Waals surface area contributed by atoms with Gasteiger partial charge in [-0.25, -0.2) is 9.97 Å². The summed E-state index contributed by atoms with van der Waals surface area (Å²) in [6.45, 7) is 1.72. The van der Waals surface area contributed by atoms with E-state index >= 15 is 0 Å². The number of hydrogen-bond donors (Lipinski definition) is 0. The molecule has 1 heterocycles. The number of aromatic nitrogens is 2. The molecule has 156 valence electrons. The van der Waals surface area contributed by atoms with Gasteiger partial charge in [0, 0.05) is 18.0 Å². The number of nitrogens with zero attached hydrogens (tertiary/aromatic N) is 3. The first kappa shape index (κ1) is 21.2. The van der Waals surface area contributed by atoms with E-state index in [4.69, 9.17) is 4.74 Å². The summed E-state index contributed by atoms with van der Waals surface area (Å²) < 4.78 is 69.1. The fourth-order valence-electron chi connectivity index (χ4n) is 2.38. The number of aryl methyl sites for hydroxylation is 1. The minimum absolute atomic E-state index is 0.0132. The van der Waals surface area contributed by atoms with Crippen molar-refractivity contribution in [3.05, 3.63) is 78.1 Å². The molecule has 2 aromatic carbocycles. The van der Waals surface area contributed by atoms with E-state index in [1.165, 1.54) is 48.8 Å². The van der Waals surface area contributed by atoms with E-state index in [2.05, 4.69) is 9.97 Å². The molecule has 0 aliphatic heterocycles. The van der Waals surface area contributed by atoms with Crippen LogP contribution < -0.4 is 9.04 Å². The first-order valence-corrected chi connectivity index (χ1v) is 9.81. The van der Waals surface area contributed by atoms with Gasteiger partial charge in [-0.15, -0.1) is 0 Å². The van der Waals surface area contributed by atoms with Gasteiger partial charge < -0.3 is 4.74 Å². The lowest BCUT2D eigenvalue weighted by Gasteiger charge is -2.24. The Labute approximate surface area is 169 Å². The number of sulfonamides is 1. The maximum absolute atomic E-state index is 13.3. The Morgan fingerprint density at radius 1 is 0.967 bits per heavy atom. The zero-order valence-electron chi connectivity index (χ0n) is 15.4. The maximum Gasteiger partial charge on any atom is 0.517 e. The molecular weight excluding hydrogens is 423 g/mol. The van der Waals surface area contributed by atoms with Gasteiger partial charge in [0.05, 0.1) is 5.69 Å². The summed E-state index contributed by atoms with van der Waals surface area (Å²) in [5.74, 6) is -1.20. The van der Waals surface area contributed by atoms with Crippen molar-refractivity contribution in [2.24, 2.45) is 0 Å². The number of ether oxygens (including phenoxy) is 1. The topological polar surface area (TPSA) is 89.5 Å². The van der Waals surface area contributed by atoms with Crippen molar-refractivity contribution in [2.45, 2.75) is 12.4 Å². The van der Waals surface area contributed by atoms with E-state index in [1.54, 1.807) is 13.0 Å². The van der Waals surface area contributed by atoms with Crippen molar-refractivity contribution in [2.75, 3.05) is 4.31 Å². The molecule has 1 amide bonds. The Morgan fingerprint density at radius 2 is 1.53 bits per heavy atom. The van der Waals surface area contributed by atoms with E-state index in [9.17, 15) is 26.4 Å². The van der Waals surface area contributed by atoms with Crippen molar-refractivity contribution in [1.82, 2.24) is 9.97 Å². The van der Waals surface area contributed by atoms with E-state index < -0.39 is 27.1 Å². The van der Waals surface area contributed by atoms with Gasteiger partial charge in [-0.1, -0.05) is 17.7 Å². The first-order valence-electron chi connectivity index (χ1n) is 8.37. The highest BCUT2D eigenvalue weighted by Gasteiger charge is 2.52. The van der Waals surface area contributed by atoms with Crippen LogP contribution in [0.3, 0.4) is 0 Å². The molecule has 0 unspecified atom stereocenters. The summed E-state index contributed by atoms with van der Waals surface area (Å²) in [6.07, 6.45) is 2.85. The number of alkyl halides is 3. The van der Waals surface area contributed by atoms with Crippen molar-refractivity contribution in [1.29, 1.82) is 0 Å². The number of anilines is 1. The Balaban J connectivity index is 2.00. The molecule has 0 aliphatic carbocycles. The molecule has 0 spiro atoms. The van der Waals surface area contributed by atoms with E-state index in [-0.39, 0.29) is 21.6 Å². The Hall–Kier alpha value is -3.47. The van der Waals surface area contributed by atoms with Crippen molar-refractivity contribution < 1.29 is 31.1 Å². The molecule has 7 nitrogen and oxygen atoms in total. The van der Waals surface area contributed by atoms with Crippen LogP contribution in [0.1, 0.15) is 15.9 Å². The highest BCUT2D eigenvalue weighted by atomic mass is 32.2. The second-order valence-electron chi connectivity index (χ2n) is 6.01. The number of benzene rings is 2. The van der Waals surface area contributed by atoms with Gasteiger partial charge in [0.2, 0.25) is 0 Å². The molecule has 3 rings (SSSR count). The van der Waals surface area contributed by atoms with Crippen LogP contribution in [-0.2, 0) is 10.0 Å². The second kappa shape index (κ2) is 8.11. The van der Waals surface area contributed by atoms with Gasteiger partial charge in [-0.2, -0.15) is 25.9 Å². The van der Waals surface area contributed by atoms with Crippen LogP contribution >= 0.6 is 0 Å². The molecule has 1 aromatic heterocycles. The quantitative estimate of drug-likeness (QED) is 0.598. The molecule has 0 bridgehead atoms. The number of halogens is 3. The largest absolute Gasteiger partial charge is 0.517 e. The summed E-state index contributed by atoms with van der Waals surface area (Å²) in [7, 11) is -6.00. The van der Waals surface area contributed by atoms with Crippen LogP contribution in [0.25, 0.3) is 0 Å². The van der Waals surface area contributed by atoms with Crippen molar-refractivity contribution in [3.63, 3.8) is 0 Å². The average Bonchev–Trinajstić information content (AvgIpc) is 2.70. The molecule has 0 radical (unpaired) electrons. The predicted molar refractivity (Wildman–Crippen MR) is 102 cm³/mol. The Bertz CT molecular complexity index is 1130. The maximum atomic E-state index is 13.3. The summed E-state index contributed by atoms with van der Waals surface area (Å²) >= 11 is 0. The monoisotopic (exact) mass is 437 g/mol. The first-order chi connectivity index (χ1) is 14.1. The lowest BCUT2D eigenvalue weighted by Crippen LogP contribution is -2.44. The number of amides is 1. The van der Waals surface area contributed by atoms with E-state index in [0.29, 0.717) is 0 Å². The van der Waals surface area contributed by atoms with Gasteiger partial charge in [0.15, 0.2) is 0 Å². The third-order valence-electron chi connectivity index (χ3n) is 3.84. The molecule has 30 heavy (non-hydrogen) atoms. The van der Waals surface area contributed by atoms with Crippen molar-refractivity contribution >= 4 is 21.6 Å². The van der Waals surface area contributed by atoms with Gasteiger partial charge in [0.25, 0.3) is 5.91 Å². The molecular formula is C19H14F3N3O4S. The summed E-state index contributed by atoms with van der Waals surface area (Å²) in [5.41, 5.74) is -5.65. The van der Waals surface area contributed by atoms with Crippen molar-refractivity contribution in [3.8, 4) is 11.8 Å². The van der Waals surface area contributed by atoms with Crippen LogP contribution in [0.5, 0.6) is 11.8 Å². The molecule has 0 saturated heterocycles. The van der Waals surface area contributed by atoms with Crippen LogP contribution in [0.4, 0.5) is 18.9 Å². The number of hydrogen-bond acceptors (Lipinski definition) is 6. The SMILES string of the molecule is Cc1ccc(C(=O)N(c2ccc(Oc3ncccn3)cc2)S(=O)(=O)C(F)(F)F)cc1. The zero-order valence-corrected chi connectivity index (χ0v) is 16.2. The zero-order chi connectivity index (χ0) is 21.9. The van der Waals surface area contributed by atoms with Crippen LogP contribution in [0.2, 0.25) is 0 Å². The van der Waals surface area contributed by atoms with Gasteiger partial charge in [-0.3, -0.25) is 4.79 Å². The van der Waals surface area contributed by atoms with Crippen LogP contribution in [0.15, 0.2) is 67.0 Å². The Kier molecular flexibility index (Phi) is 5.74. The van der Waals surface area contributed by atoms with Crippen LogP contribution in [0, 0.1) is 6.92 Å². The van der Waals surface area contributed by atoms with Gasteiger partial charge in [-0.05, 0) is 49.4 Å². The lowest BCUT2D eigenvalue weighted by atomic mass is 10.1. The number of carbonyl (C=O) groups is 1. The van der Waals surface area contributed by atoms with Gasteiger partial charge >= 0.3 is 21.5 Å². The number of carbonyl (C=O) groups excluding carboxylic acids is 1. The molecule has 0 N–H and O–H groups in total. The minimum Gasteiger partial charge on any atom is -0.424 e. The lowest BCUT2D eigenvalue weighted by molar-refractivity contribution is -0.0437. The van der Waals surface area contributed by atoms with E-state index in [1.807, 2.05) is 0 Å². The highest BCUT2D eigenvalue weighted by molar-refractivity contribution is 7.94. The molecule has 3 aromatic rings. The number of rotatable bonds is 5. The third kappa shape index (κ3) is 4.40. The third-order valence-corrected chi connectivity index (χ3v) is 5.28. The average molecular weight is 437 g/mol.